The molecule has 1 unspecified atom stereocenters. The first-order chi connectivity index (χ1) is 6.90. The molecule has 4 heteroatoms. The molecule has 2 rings (SSSR count). The third-order valence-corrected chi connectivity index (χ3v) is 3.61. The molecule has 1 aliphatic heterocycles. The van der Waals surface area contributed by atoms with E-state index in [1.54, 1.807) is 11.3 Å². The summed E-state index contributed by atoms with van der Waals surface area (Å²) in [6, 6.07) is 0. The number of carbonyl (C=O) groups excluding carboxylic acids is 1. The van der Waals surface area contributed by atoms with Gasteiger partial charge in [-0.3, -0.25) is 4.79 Å². The molecule has 1 aromatic heterocycles. The van der Waals surface area contributed by atoms with Crippen molar-refractivity contribution in [3.63, 3.8) is 0 Å². The molecular formula is C10H14N2OS. The van der Waals surface area contributed by atoms with Gasteiger partial charge in [0.1, 0.15) is 5.69 Å². The minimum absolute atomic E-state index is 0.559. The lowest BCUT2D eigenvalue weighted by Gasteiger charge is -2.08. The normalized spacial score (nSPS) is 23.0. The van der Waals surface area contributed by atoms with Crippen molar-refractivity contribution >= 4 is 17.6 Å². The van der Waals surface area contributed by atoms with Crippen LogP contribution in [0.25, 0.3) is 0 Å². The van der Waals surface area contributed by atoms with Crippen molar-refractivity contribution < 1.29 is 4.79 Å². The maximum atomic E-state index is 10.5. The summed E-state index contributed by atoms with van der Waals surface area (Å²) in [4.78, 5) is 14.8. The molecule has 14 heavy (non-hydrogen) atoms. The zero-order valence-corrected chi connectivity index (χ0v) is 8.85. The fourth-order valence-corrected chi connectivity index (χ4v) is 2.74. The molecule has 0 aromatic carbocycles. The van der Waals surface area contributed by atoms with Gasteiger partial charge in [0, 0.05) is 11.3 Å². The van der Waals surface area contributed by atoms with Crippen molar-refractivity contribution in [3.8, 4) is 0 Å². The summed E-state index contributed by atoms with van der Waals surface area (Å²) in [5, 5.41) is 6.36. The fraction of sp³-hybridized carbons (Fsp3) is 0.600. The Labute approximate surface area is 87.6 Å². The Balaban J connectivity index is 2.08. The summed E-state index contributed by atoms with van der Waals surface area (Å²) in [7, 11) is 0. The summed E-state index contributed by atoms with van der Waals surface area (Å²) in [5.74, 6) is 0.559. The Hall–Kier alpha value is -0.740. The number of rotatable bonds is 2. The Morgan fingerprint density at radius 1 is 1.50 bits per heavy atom. The average Bonchev–Trinajstić information content (AvgIpc) is 2.53. The quantitative estimate of drug-likeness (QED) is 0.757. The number of nitrogens with zero attached hydrogens (tertiary/aromatic N) is 1. The first-order valence-corrected chi connectivity index (χ1v) is 5.89. The molecule has 0 radical (unpaired) electrons. The minimum Gasteiger partial charge on any atom is -0.317 e. The number of aldehydes is 1. The van der Waals surface area contributed by atoms with Gasteiger partial charge in [0.15, 0.2) is 6.29 Å². The van der Waals surface area contributed by atoms with Crippen molar-refractivity contribution in [3.05, 3.63) is 16.1 Å². The number of thiazole rings is 1. The lowest BCUT2D eigenvalue weighted by Crippen LogP contribution is -2.13. The van der Waals surface area contributed by atoms with Crippen LogP contribution in [0.15, 0.2) is 5.38 Å². The van der Waals surface area contributed by atoms with Gasteiger partial charge in [0.2, 0.25) is 0 Å². The average molecular weight is 210 g/mol. The van der Waals surface area contributed by atoms with E-state index in [1.165, 1.54) is 12.8 Å². The van der Waals surface area contributed by atoms with Crippen LogP contribution >= 0.6 is 11.3 Å². The first kappa shape index (κ1) is 9.80. The predicted octanol–water partition coefficient (Wildman–Crippen LogP) is 1.81. The Kier molecular flexibility index (Phi) is 3.26. The molecular weight excluding hydrogens is 196 g/mol. The molecule has 2 heterocycles. The first-order valence-electron chi connectivity index (χ1n) is 5.01. The van der Waals surface area contributed by atoms with Crippen LogP contribution in [0, 0.1) is 0 Å². The highest BCUT2D eigenvalue weighted by molar-refractivity contribution is 7.09. The van der Waals surface area contributed by atoms with Crippen LogP contribution in [0.1, 0.15) is 40.7 Å². The minimum atomic E-state index is 0.559. The highest BCUT2D eigenvalue weighted by atomic mass is 32.1. The molecule has 1 saturated heterocycles. The smallest absolute Gasteiger partial charge is 0.169 e. The van der Waals surface area contributed by atoms with Gasteiger partial charge < -0.3 is 5.32 Å². The molecule has 3 nitrogen and oxygen atoms in total. The van der Waals surface area contributed by atoms with Crippen LogP contribution < -0.4 is 5.32 Å². The van der Waals surface area contributed by atoms with Gasteiger partial charge in [-0.25, -0.2) is 4.98 Å². The molecule has 1 aromatic rings. The number of carbonyl (C=O) groups is 1. The van der Waals surface area contributed by atoms with E-state index in [4.69, 9.17) is 0 Å². The molecule has 76 valence electrons. The Bertz CT molecular complexity index is 303. The van der Waals surface area contributed by atoms with Crippen LogP contribution in [0.3, 0.4) is 0 Å². The van der Waals surface area contributed by atoms with E-state index in [9.17, 15) is 4.79 Å². The monoisotopic (exact) mass is 210 g/mol. The summed E-state index contributed by atoms with van der Waals surface area (Å²) in [5.41, 5.74) is 0.585. The molecule has 0 bridgehead atoms. The zero-order valence-electron chi connectivity index (χ0n) is 8.03. The maximum Gasteiger partial charge on any atom is 0.169 e. The summed E-state index contributed by atoms with van der Waals surface area (Å²) < 4.78 is 0. The van der Waals surface area contributed by atoms with E-state index in [-0.39, 0.29) is 0 Å². The van der Waals surface area contributed by atoms with Crippen LogP contribution in [-0.4, -0.2) is 24.4 Å². The van der Waals surface area contributed by atoms with Gasteiger partial charge in [0.25, 0.3) is 0 Å². The third-order valence-electron chi connectivity index (χ3n) is 2.59. The maximum absolute atomic E-state index is 10.5. The van der Waals surface area contributed by atoms with E-state index >= 15 is 0 Å². The largest absolute Gasteiger partial charge is 0.317 e. The summed E-state index contributed by atoms with van der Waals surface area (Å²) in [6.07, 6.45) is 4.38. The Morgan fingerprint density at radius 2 is 2.43 bits per heavy atom. The van der Waals surface area contributed by atoms with Crippen molar-refractivity contribution in [2.24, 2.45) is 0 Å². The van der Waals surface area contributed by atoms with Crippen molar-refractivity contribution in [2.45, 2.75) is 25.2 Å². The van der Waals surface area contributed by atoms with Gasteiger partial charge in [-0.2, -0.15) is 0 Å². The molecule has 1 N–H and O–H groups in total. The van der Waals surface area contributed by atoms with E-state index in [0.29, 0.717) is 11.6 Å². The second-order valence-electron chi connectivity index (χ2n) is 3.61. The lowest BCUT2D eigenvalue weighted by molar-refractivity contribution is 0.111. The van der Waals surface area contributed by atoms with Crippen molar-refractivity contribution in [1.29, 1.82) is 0 Å². The molecule has 0 saturated carbocycles. The topological polar surface area (TPSA) is 42.0 Å². The van der Waals surface area contributed by atoms with Crippen LogP contribution in [0.4, 0.5) is 0 Å². The second-order valence-corrected chi connectivity index (χ2v) is 4.50. The summed E-state index contributed by atoms with van der Waals surface area (Å²) >= 11 is 1.62. The number of hydrogen-bond donors (Lipinski definition) is 1. The number of hydrogen-bond acceptors (Lipinski definition) is 4. The van der Waals surface area contributed by atoms with Crippen molar-refractivity contribution in [1.82, 2.24) is 10.3 Å². The molecule has 1 fully saturated rings. The highest BCUT2D eigenvalue weighted by Gasteiger charge is 2.17. The zero-order chi connectivity index (χ0) is 9.80. The van der Waals surface area contributed by atoms with Gasteiger partial charge in [-0.15, -0.1) is 11.3 Å². The summed E-state index contributed by atoms with van der Waals surface area (Å²) in [6.45, 7) is 2.18. The molecule has 0 aliphatic carbocycles. The van der Waals surface area contributed by atoms with Gasteiger partial charge in [-0.05, 0) is 32.4 Å². The SMILES string of the molecule is O=Cc1csc(C2CCCNCC2)n1. The Morgan fingerprint density at radius 3 is 3.21 bits per heavy atom. The van der Waals surface area contributed by atoms with Gasteiger partial charge in [-0.1, -0.05) is 0 Å². The predicted molar refractivity (Wildman–Crippen MR) is 57.0 cm³/mol. The molecule has 1 aliphatic rings. The second kappa shape index (κ2) is 4.66. The van der Waals surface area contributed by atoms with Crippen LogP contribution in [-0.2, 0) is 0 Å². The molecule has 0 amide bonds. The standard InChI is InChI=1S/C10H14N2OS/c13-6-9-7-14-10(12-9)8-2-1-4-11-5-3-8/h6-8,11H,1-5H2. The van der Waals surface area contributed by atoms with Crippen LogP contribution in [0.2, 0.25) is 0 Å². The molecule has 0 spiro atoms. The number of aromatic nitrogens is 1. The van der Waals surface area contributed by atoms with Gasteiger partial charge >= 0.3 is 0 Å². The fourth-order valence-electron chi connectivity index (χ4n) is 1.81. The lowest BCUT2D eigenvalue weighted by atomic mass is 10.0. The van der Waals surface area contributed by atoms with E-state index < -0.39 is 0 Å². The van der Waals surface area contributed by atoms with E-state index in [2.05, 4.69) is 10.3 Å². The van der Waals surface area contributed by atoms with Crippen molar-refractivity contribution in [2.75, 3.05) is 13.1 Å². The van der Waals surface area contributed by atoms with Crippen LogP contribution in [0.5, 0.6) is 0 Å². The van der Waals surface area contributed by atoms with E-state index in [0.717, 1.165) is 30.8 Å². The molecule has 1 atom stereocenters. The highest BCUT2D eigenvalue weighted by Crippen LogP contribution is 2.28. The third kappa shape index (κ3) is 2.19. The van der Waals surface area contributed by atoms with Gasteiger partial charge in [0.05, 0.1) is 5.01 Å². The van der Waals surface area contributed by atoms with E-state index in [1.807, 2.05) is 5.38 Å². The number of nitrogens with one attached hydrogen (secondary N) is 1.